The minimum absolute atomic E-state index is 1.06. The maximum absolute atomic E-state index is 7.32. The van der Waals surface area contributed by atoms with E-state index in [4.69, 9.17) is 5.26 Å². The fraction of sp³-hybridized carbons (Fsp3) is 0.917. The van der Waals surface area contributed by atoms with Crippen molar-refractivity contribution in [2.24, 2.45) is 0 Å². The van der Waals surface area contributed by atoms with E-state index in [0.717, 1.165) is 11.5 Å². The van der Waals surface area contributed by atoms with Crippen LogP contribution in [0.5, 0.6) is 0 Å². The summed E-state index contributed by atoms with van der Waals surface area (Å²) in [6.45, 7) is 1.43. The molecule has 0 aliphatic heterocycles. The maximum atomic E-state index is 7.32. The van der Waals surface area contributed by atoms with Crippen molar-refractivity contribution in [1.82, 2.24) is 0 Å². The summed E-state index contributed by atoms with van der Waals surface area (Å²) in [4.78, 5) is 0. The van der Waals surface area contributed by atoms with E-state index in [1.54, 1.807) is 6.07 Å². The highest BCUT2D eigenvalue weighted by atomic mass is 32.1. The monoisotopic (exact) mass is 247 g/mol. The van der Waals surface area contributed by atoms with E-state index in [2.05, 4.69) is 25.3 Å². The van der Waals surface area contributed by atoms with E-state index in [-0.39, 0.29) is 0 Å². The molecule has 0 aromatic heterocycles. The third kappa shape index (κ3) is 25.0. The number of nitriles is 1. The Labute approximate surface area is 106 Å². The van der Waals surface area contributed by atoms with Crippen LogP contribution in [-0.4, -0.2) is 11.5 Å². The summed E-state index contributed by atoms with van der Waals surface area (Å²) in [5, 5.41) is 7.32. The lowest BCUT2D eigenvalue weighted by Crippen LogP contribution is -1.82. The van der Waals surface area contributed by atoms with Crippen molar-refractivity contribution >= 4 is 25.3 Å². The van der Waals surface area contributed by atoms with Crippen molar-refractivity contribution < 1.29 is 0 Å². The predicted octanol–water partition coefficient (Wildman–Crippen LogP) is 4.50. The van der Waals surface area contributed by atoms with Gasteiger partial charge in [-0.05, 0) is 24.3 Å². The summed E-state index contributed by atoms with van der Waals surface area (Å²) in [7, 11) is 0. The highest BCUT2D eigenvalue weighted by Crippen LogP contribution is 2.08. The van der Waals surface area contributed by atoms with Crippen LogP contribution in [0.25, 0.3) is 0 Å². The van der Waals surface area contributed by atoms with Gasteiger partial charge in [0.25, 0.3) is 0 Å². The zero-order chi connectivity index (χ0) is 11.8. The predicted molar refractivity (Wildman–Crippen MR) is 75.9 cm³/mol. The van der Waals surface area contributed by atoms with Gasteiger partial charge in [0.1, 0.15) is 0 Å². The molecule has 0 fully saturated rings. The fourth-order valence-corrected chi connectivity index (χ4v) is 1.73. The minimum Gasteiger partial charge on any atom is -0.199 e. The Morgan fingerprint density at radius 2 is 0.933 bits per heavy atom. The Hall–Kier alpha value is 0.190. The molecule has 90 valence electrons. The molecule has 15 heavy (non-hydrogen) atoms. The second kappa shape index (κ2) is 19.7. The highest BCUT2D eigenvalue weighted by molar-refractivity contribution is 7.80. The molecule has 0 saturated heterocycles. The van der Waals surface area contributed by atoms with E-state index in [1.807, 2.05) is 0 Å². The van der Waals surface area contributed by atoms with Crippen LogP contribution in [0.4, 0.5) is 0 Å². The van der Waals surface area contributed by atoms with Gasteiger partial charge in [0.05, 0.1) is 6.07 Å². The van der Waals surface area contributed by atoms with Gasteiger partial charge in [0, 0.05) is 6.92 Å². The molecule has 0 aromatic carbocycles. The van der Waals surface area contributed by atoms with Crippen molar-refractivity contribution in [2.75, 3.05) is 11.5 Å². The molecule has 0 atom stereocenters. The van der Waals surface area contributed by atoms with Crippen molar-refractivity contribution in [3.63, 3.8) is 0 Å². The normalized spacial score (nSPS) is 8.93. The number of hydrogen-bond acceptors (Lipinski definition) is 3. The average Bonchev–Trinajstić information content (AvgIpc) is 2.23. The Bertz CT molecular complexity index is 122. The summed E-state index contributed by atoms with van der Waals surface area (Å²) in [6, 6.07) is 1.75. The summed E-state index contributed by atoms with van der Waals surface area (Å²) < 4.78 is 0. The van der Waals surface area contributed by atoms with Gasteiger partial charge in [-0.2, -0.15) is 30.5 Å². The SMILES string of the molecule is CC#N.SCCCCCCCCCCS. The molecule has 0 heterocycles. The third-order valence-electron chi connectivity index (χ3n) is 2.07. The van der Waals surface area contributed by atoms with Crippen LogP contribution in [0.2, 0.25) is 0 Å². The number of unbranched alkanes of at least 4 members (excludes halogenated alkanes) is 7. The zero-order valence-electron chi connectivity index (χ0n) is 9.91. The number of nitrogens with zero attached hydrogens (tertiary/aromatic N) is 1. The Kier molecular flexibility index (Phi) is 23.1. The average molecular weight is 247 g/mol. The summed E-state index contributed by atoms with van der Waals surface area (Å²) in [5.74, 6) is 2.11. The van der Waals surface area contributed by atoms with Crippen LogP contribution in [0.3, 0.4) is 0 Å². The lowest BCUT2D eigenvalue weighted by atomic mass is 10.1. The van der Waals surface area contributed by atoms with Gasteiger partial charge in [-0.25, -0.2) is 0 Å². The maximum Gasteiger partial charge on any atom is 0.0587 e. The Morgan fingerprint density at radius 3 is 1.13 bits per heavy atom. The Morgan fingerprint density at radius 1 is 0.733 bits per heavy atom. The van der Waals surface area contributed by atoms with Gasteiger partial charge in [-0.15, -0.1) is 0 Å². The van der Waals surface area contributed by atoms with Crippen molar-refractivity contribution in [2.45, 2.75) is 58.3 Å². The first-order valence-electron chi connectivity index (χ1n) is 5.86. The molecule has 0 aromatic rings. The van der Waals surface area contributed by atoms with E-state index >= 15 is 0 Å². The van der Waals surface area contributed by atoms with Gasteiger partial charge in [0.15, 0.2) is 0 Å². The first kappa shape index (κ1) is 17.6. The van der Waals surface area contributed by atoms with Crippen LogP contribution >= 0.6 is 25.3 Å². The molecule has 0 aliphatic carbocycles. The van der Waals surface area contributed by atoms with Gasteiger partial charge < -0.3 is 0 Å². The van der Waals surface area contributed by atoms with Crippen molar-refractivity contribution in [3.05, 3.63) is 0 Å². The van der Waals surface area contributed by atoms with Crippen molar-refractivity contribution in [3.8, 4) is 6.07 Å². The molecular formula is C12H25NS2. The minimum atomic E-state index is 1.06. The van der Waals surface area contributed by atoms with Crippen LogP contribution in [0.15, 0.2) is 0 Å². The molecule has 0 saturated carbocycles. The lowest BCUT2D eigenvalue weighted by Gasteiger charge is -1.99. The molecule has 0 unspecified atom stereocenters. The number of thiol groups is 2. The summed E-state index contributed by atoms with van der Waals surface area (Å²) in [6.07, 6.45) is 11.0. The fourth-order valence-electron chi connectivity index (χ4n) is 1.28. The first-order chi connectivity index (χ1) is 7.33. The molecule has 0 radical (unpaired) electrons. The van der Waals surface area contributed by atoms with Gasteiger partial charge >= 0.3 is 0 Å². The van der Waals surface area contributed by atoms with Crippen LogP contribution in [0, 0.1) is 11.3 Å². The van der Waals surface area contributed by atoms with Crippen LogP contribution < -0.4 is 0 Å². The molecule has 3 heteroatoms. The smallest absolute Gasteiger partial charge is 0.0587 e. The quantitative estimate of drug-likeness (QED) is 0.455. The van der Waals surface area contributed by atoms with E-state index in [9.17, 15) is 0 Å². The topological polar surface area (TPSA) is 23.8 Å². The van der Waals surface area contributed by atoms with E-state index in [1.165, 1.54) is 58.3 Å². The molecule has 0 aliphatic rings. The van der Waals surface area contributed by atoms with Crippen LogP contribution in [-0.2, 0) is 0 Å². The lowest BCUT2D eigenvalue weighted by molar-refractivity contribution is 0.588. The molecule has 0 N–H and O–H groups in total. The zero-order valence-corrected chi connectivity index (χ0v) is 11.7. The second-order valence-corrected chi connectivity index (χ2v) is 4.39. The largest absolute Gasteiger partial charge is 0.199 e. The van der Waals surface area contributed by atoms with E-state index < -0.39 is 0 Å². The first-order valence-corrected chi connectivity index (χ1v) is 7.12. The standard InChI is InChI=1S/C10H22S2.C2H3N/c11-9-7-5-3-1-2-4-6-8-10-12;1-2-3/h11-12H,1-10H2;1H3. The van der Waals surface area contributed by atoms with Gasteiger partial charge in [-0.3, -0.25) is 0 Å². The summed E-state index contributed by atoms with van der Waals surface area (Å²) >= 11 is 8.37. The molecule has 0 rings (SSSR count). The van der Waals surface area contributed by atoms with Crippen molar-refractivity contribution in [1.29, 1.82) is 5.26 Å². The van der Waals surface area contributed by atoms with Gasteiger partial charge in [0.2, 0.25) is 0 Å². The number of rotatable bonds is 9. The number of hydrogen-bond donors (Lipinski definition) is 2. The molecule has 0 bridgehead atoms. The van der Waals surface area contributed by atoms with Crippen LogP contribution in [0.1, 0.15) is 58.3 Å². The third-order valence-corrected chi connectivity index (χ3v) is 2.70. The second-order valence-electron chi connectivity index (χ2n) is 3.50. The van der Waals surface area contributed by atoms with E-state index in [0.29, 0.717) is 0 Å². The summed E-state index contributed by atoms with van der Waals surface area (Å²) in [5.41, 5.74) is 0. The highest BCUT2D eigenvalue weighted by Gasteiger charge is 1.90. The Balaban J connectivity index is 0. The van der Waals surface area contributed by atoms with Gasteiger partial charge in [-0.1, -0.05) is 38.5 Å². The molecule has 0 spiro atoms. The molecular weight excluding hydrogens is 222 g/mol. The molecule has 1 nitrogen and oxygen atoms in total. The molecule has 0 amide bonds.